The number of unbranched alkanes of at least 4 members (excludes halogenated alkanes) is 20. The van der Waals surface area contributed by atoms with E-state index < -0.39 is 24.0 Å². The van der Waals surface area contributed by atoms with E-state index >= 15 is 0 Å². The number of carboxylic acid groups (broad SMARTS) is 1. The van der Waals surface area contributed by atoms with Crippen molar-refractivity contribution in [2.45, 2.75) is 187 Å². The largest absolute Gasteiger partial charge is 0.481 e. The maximum Gasteiger partial charge on any atom is 0.306 e. The molecule has 0 heterocycles. The molecule has 252 valence electrons. The van der Waals surface area contributed by atoms with Gasteiger partial charge in [-0.3, -0.25) is 19.2 Å². The number of esters is 3. The van der Waals surface area contributed by atoms with Crippen molar-refractivity contribution in [2.24, 2.45) is 0 Å². The molecule has 8 heteroatoms. The molecule has 43 heavy (non-hydrogen) atoms. The number of aliphatic carboxylic acids is 1. The van der Waals surface area contributed by atoms with Gasteiger partial charge >= 0.3 is 23.9 Å². The molecule has 0 spiro atoms. The lowest BCUT2D eigenvalue weighted by Crippen LogP contribution is -2.31. The van der Waals surface area contributed by atoms with E-state index in [4.69, 9.17) is 19.3 Å². The molecule has 0 aromatic carbocycles. The highest BCUT2D eigenvalue weighted by molar-refractivity contribution is 5.76. The van der Waals surface area contributed by atoms with Crippen LogP contribution in [0, 0.1) is 0 Å². The van der Waals surface area contributed by atoms with Gasteiger partial charge in [0.2, 0.25) is 0 Å². The van der Waals surface area contributed by atoms with Crippen LogP contribution in [0.25, 0.3) is 0 Å². The Balaban J connectivity index is 4.21. The average Bonchev–Trinajstić information content (AvgIpc) is 2.98. The highest BCUT2D eigenvalue weighted by Crippen LogP contribution is 2.14. The minimum atomic E-state index is -1.09. The van der Waals surface area contributed by atoms with Gasteiger partial charge in [0.1, 0.15) is 13.2 Å². The van der Waals surface area contributed by atoms with Crippen molar-refractivity contribution in [1.82, 2.24) is 0 Å². The first-order valence-corrected chi connectivity index (χ1v) is 17.6. The van der Waals surface area contributed by atoms with E-state index in [0.29, 0.717) is 6.42 Å². The molecule has 0 unspecified atom stereocenters. The van der Waals surface area contributed by atoms with Crippen molar-refractivity contribution in [3.05, 3.63) is 0 Å². The lowest BCUT2D eigenvalue weighted by molar-refractivity contribution is -0.167. The van der Waals surface area contributed by atoms with E-state index in [1.807, 2.05) is 0 Å². The fourth-order valence-corrected chi connectivity index (χ4v) is 4.95. The Morgan fingerprint density at radius 1 is 0.442 bits per heavy atom. The van der Waals surface area contributed by atoms with Crippen LogP contribution in [0.1, 0.15) is 181 Å². The minimum Gasteiger partial charge on any atom is -0.481 e. The summed E-state index contributed by atoms with van der Waals surface area (Å²) in [6.45, 7) is 4.00. The maximum atomic E-state index is 12.4. The molecule has 0 aliphatic rings. The van der Waals surface area contributed by atoms with E-state index in [1.54, 1.807) is 0 Å². The second-order valence-corrected chi connectivity index (χ2v) is 11.9. The zero-order valence-electron chi connectivity index (χ0n) is 27.7. The average molecular weight is 613 g/mol. The van der Waals surface area contributed by atoms with Crippen LogP contribution in [-0.2, 0) is 33.4 Å². The lowest BCUT2D eigenvalue weighted by atomic mass is 10.1. The van der Waals surface area contributed by atoms with Gasteiger partial charge in [0, 0.05) is 12.8 Å². The molecule has 1 N–H and O–H groups in total. The van der Waals surface area contributed by atoms with E-state index in [1.165, 1.54) is 103 Å². The zero-order valence-corrected chi connectivity index (χ0v) is 27.7. The summed E-state index contributed by atoms with van der Waals surface area (Å²) in [5.74, 6) is -2.56. The molecule has 1 atom stereocenters. The summed E-state index contributed by atoms with van der Waals surface area (Å²) in [7, 11) is 0. The molecule has 0 fully saturated rings. The second kappa shape index (κ2) is 31.3. The fraction of sp³-hybridized carbons (Fsp3) is 0.886. The Labute approximate surface area is 262 Å². The maximum absolute atomic E-state index is 12.4. The van der Waals surface area contributed by atoms with Crippen LogP contribution >= 0.6 is 0 Å². The highest BCUT2D eigenvalue weighted by atomic mass is 16.6. The first kappa shape index (κ1) is 40.9. The van der Waals surface area contributed by atoms with Crippen molar-refractivity contribution in [1.29, 1.82) is 0 Å². The first-order valence-electron chi connectivity index (χ1n) is 17.6. The van der Waals surface area contributed by atoms with Gasteiger partial charge < -0.3 is 19.3 Å². The summed E-state index contributed by atoms with van der Waals surface area (Å²) in [6.07, 6.45) is 25.2. The van der Waals surface area contributed by atoms with E-state index in [0.717, 1.165) is 38.5 Å². The molecule has 8 nitrogen and oxygen atoms in total. The topological polar surface area (TPSA) is 116 Å². The van der Waals surface area contributed by atoms with Gasteiger partial charge in [0.05, 0.1) is 12.8 Å². The third kappa shape index (κ3) is 31.1. The number of hydrogen-bond acceptors (Lipinski definition) is 7. The predicted octanol–water partition coefficient (Wildman–Crippen LogP) is 9.25. The summed E-state index contributed by atoms with van der Waals surface area (Å²) < 4.78 is 15.9. The van der Waals surface area contributed by atoms with Crippen LogP contribution < -0.4 is 0 Å². The summed E-state index contributed by atoms with van der Waals surface area (Å²) >= 11 is 0. The molecule has 0 aliphatic carbocycles. The van der Waals surface area contributed by atoms with Crippen molar-refractivity contribution < 1.29 is 38.5 Å². The molecule has 0 aromatic heterocycles. The molecule has 0 amide bonds. The van der Waals surface area contributed by atoms with Crippen LogP contribution in [-0.4, -0.2) is 48.3 Å². The summed E-state index contributed by atoms with van der Waals surface area (Å²) in [5, 5.41) is 8.75. The Bertz CT molecular complexity index is 693. The smallest absolute Gasteiger partial charge is 0.306 e. The Morgan fingerprint density at radius 3 is 1.14 bits per heavy atom. The standard InChI is InChI=1S/C35H64O8/c1-3-5-7-9-11-13-15-17-19-21-23-25-33(38)41-29-31(30-42-34(39)28-27-32(36)37)43-35(40)26-24-22-20-18-16-14-12-10-8-6-4-2/h31H,3-30H2,1-2H3,(H,36,37)/t31-/m0/s1. The number of ether oxygens (including phenoxy) is 3. The Morgan fingerprint density at radius 2 is 0.767 bits per heavy atom. The van der Waals surface area contributed by atoms with Gasteiger partial charge in [-0.05, 0) is 12.8 Å². The van der Waals surface area contributed by atoms with Crippen LogP contribution in [0.5, 0.6) is 0 Å². The Kier molecular flexibility index (Phi) is 29.8. The van der Waals surface area contributed by atoms with Gasteiger partial charge in [-0.2, -0.15) is 0 Å². The van der Waals surface area contributed by atoms with Gasteiger partial charge in [-0.1, -0.05) is 142 Å². The predicted molar refractivity (Wildman–Crippen MR) is 171 cm³/mol. The molecule has 0 rings (SSSR count). The summed E-state index contributed by atoms with van der Waals surface area (Å²) in [4.78, 5) is 47.2. The zero-order chi connectivity index (χ0) is 31.8. The van der Waals surface area contributed by atoms with Gasteiger partial charge in [-0.15, -0.1) is 0 Å². The van der Waals surface area contributed by atoms with Gasteiger partial charge in [-0.25, -0.2) is 0 Å². The van der Waals surface area contributed by atoms with Crippen LogP contribution in [0.2, 0.25) is 0 Å². The van der Waals surface area contributed by atoms with E-state index in [-0.39, 0.29) is 38.4 Å². The molecule has 0 saturated carbocycles. The van der Waals surface area contributed by atoms with Crippen molar-refractivity contribution in [2.75, 3.05) is 13.2 Å². The molecular formula is C35H64O8. The summed E-state index contributed by atoms with van der Waals surface area (Å²) in [5.41, 5.74) is 0. The normalized spacial score (nSPS) is 11.7. The monoisotopic (exact) mass is 612 g/mol. The third-order valence-corrected chi connectivity index (χ3v) is 7.67. The van der Waals surface area contributed by atoms with Crippen LogP contribution in [0.3, 0.4) is 0 Å². The van der Waals surface area contributed by atoms with E-state index in [2.05, 4.69) is 13.8 Å². The first-order chi connectivity index (χ1) is 20.9. The molecule has 0 bridgehead atoms. The van der Waals surface area contributed by atoms with Crippen molar-refractivity contribution in [3.63, 3.8) is 0 Å². The summed E-state index contributed by atoms with van der Waals surface area (Å²) in [6, 6.07) is 0. The SMILES string of the molecule is CCCCCCCCCCCCCC(=O)OC[C@@H](COC(=O)CCC(=O)O)OC(=O)CCCCCCCCCCCCC. The third-order valence-electron chi connectivity index (χ3n) is 7.67. The number of carbonyl (C=O) groups is 4. The molecule has 0 saturated heterocycles. The van der Waals surface area contributed by atoms with Crippen molar-refractivity contribution >= 4 is 23.9 Å². The number of hydrogen-bond donors (Lipinski definition) is 1. The second-order valence-electron chi connectivity index (χ2n) is 11.9. The molecule has 0 aromatic rings. The Hall–Kier alpha value is -2.12. The van der Waals surface area contributed by atoms with Crippen LogP contribution in [0.15, 0.2) is 0 Å². The quantitative estimate of drug-likeness (QED) is 0.0454. The molecule has 0 aliphatic heterocycles. The van der Waals surface area contributed by atoms with Crippen LogP contribution in [0.4, 0.5) is 0 Å². The van der Waals surface area contributed by atoms with Crippen molar-refractivity contribution in [3.8, 4) is 0 Å². The highest BCUT2D eigenvalue weighted by Gasteiger charge is 2.20. The minimum absolute atomic E-state index is 0.187. The van der Waals surface area contributed by atoms with Gasteiger partial charge in [0.25, 0.3) is 0 Å². The molecular weight excluding hydrogens is 548 g/mol. The fourth-order valence-electron chi connectivity index (χ4n) is 4.95. The number of rotatable bonds is 32. The lowest BCUT2D eigenvalue weighted by Gasteiger charge is -2.18. The molecule has 0 radical (unpaired) electrons. The van der Waals surface area contributed by atoms with E-state index in [9.17, 15) is 19.2 Å². The number of carbonyl (C=O) groups excluding carboxylic acids is 3. The van der Waals surface area contributed by atoms with Gasteiger partial charge in [0.15, 0.2) is 6.10 Å². The number of carboxylic acids is 1.